The van der Waals surface area contributed by atoms with E-state index in [0.717, 1.165) is 24.5 Å². The van der Waals surface area contributed by atoms with Gasteiger partial charge in [0.15, 0.2) is 24.8 Å². The summed E-state index contributed by atoms with van der Waals surface area (Å²) in [5.74, 6) is 0. The van der Waals surface area contributed by atoms with E-state index in [4.69, 9.17) is 49.4 Å². The predicted octanol–water partition coefficient (Wildman–Crippen LogP) is 2.86. The molecule has 2 aromatic rings. The number of hydrogen-bond donors (Lipinski definition) is 2. The van der Waals surface area contributed by atoms with Gasteiger partial charge in [0.25, 0.3) is 0 Å². The largest absolute Gasteiger partial charge is 0.673 e. The van der Waals surface area contributed by atoms with Crippen molar-refractivity contribution < 1.29 is 81.6 Å². The zero-order valence-corrected chi connectivity index (χ0v) is 27.8. The number of aromatic nitrogens is 2. The second-order valence-corrected chi connectivity index (χ2v) is 9.63. The molecule has 0 unspecified atom stereocenters. The molecule has 3 rings (SSSR count). The molecule has 2 aromatic heterocycles. The first-order chi connectivity index (χ1) is 23.7. The molecule has 3 heterocycles. The van der Waals surface area contributed by atoms with Gasteiger partial charge in [-0.05, 0) is 0 Å². The van der Waals surface area contributed by atoms with Gasteiger partial charge in [-0.3, -0.25) is 0 Å². The van der Waals surface area contributed by atoms with Gasteiger partial charge in [0.2, 0.25) is 13.1 Å². The molecular weight excluding hydrogens is 694 g/mol. The molecule has 0 aliphatic carbocycles. The number of nitrogen functional groups attached to an aromatic ring is 2. The van der Waals surface area contributed by atoms with Gasteiger partial charge in [0.05, 0.1) is 106 Å². The van der Waals surface area contributed by atoms with Crippen molar-refractivity contribution in [3.63, 3.8) is 0 Å². The Bertz CT molecular complexity index is 859. The van der Waals surface area contributed by atoms with Crippen molar-refractivity contribution in [3.05, 3.63) is 49.1 Å². The van der Waals surface area contributed by atoms with Crippen molar-refractivity contribution in [1.82, 2.24) is 0 Å². The van der Waals surface area contributed by atoms with Crippen LogP contribution in [0.4, 0.5) is 45.9 Å². The normalized spacial score (nSPS) is 17.2. The lowest BCUT2D eigenvalue weighted by molar-refractivity contribution is -0.778. The smallest absolute Gasteiger partial charge is 0.418 e. The molecule has 1 saturated heterocycles. The number of hydrogen-bond acceptors (Lipinski definition) is 10. The molecule has 0 aromatic carbocycles. The maximum absolute atomic E-state index is 9.75. The molecule has 1 aliphatic heterocycles. The lowest BCUT2D eigenvalue weighted by Crippen LogP contribution is -2.43. The third-order valence-corrected chi connectivity index (χ3v) is 5.43. The molecule has 4 N–H and O–H groups in total. The highest BCUT2D eigenvalue weighted by molar-refractivity contribution is 6.50. The van der Waals surface area contributed by atoms with Crippen LogP contribution in [0.3, 0.4) is 0 Å². The van der Waals surface area contributed by atoms with Crippen molar-refractivity contribution in [2.75, 3.05) is 117 Å². The summed E-state index contributed by atoms with van der Waals surface area (Å²) in [4.78, 5) is 0. The molecule has 0 amide bonds. The van der Waals surface area contributed by atoms with Crippen molar-refractivity contribution in [2.45, 2.75) is 13.1 Å². The molecule has 12 nitrogen and oxygen atoms in total. The Labute approximate surface area is 287 Å². The maximum atomic E-state index is 9.75. The van der Waals surface area contributed by atoms with Crippen LogP contribution < -0.4 is 20.6 Å². The summed E-state index contributed by atoms with van der Waals surface area (Å²) in [5.41, 5.74) is 12.8. The van der Waals surface area contributed by atoms with Gasteiger partial charge in [0, 0.05) is 35.6 Å². The number of nitrogens with two attached hydrogens (primary N) is 2. The Kier molecular flexibility index (Phi) is 29.2. The third kappa shape index (κ3) is 41.3. The Morgan fingerprint density at radius 3 is 0.660 bits per heavy atom. The maximum Gasteiger partial charge on any atom is 0.673 e. The fraction of sp³-hybridized carbons (Fsp3) is 0.643. The minimum Gasteiger partial charge on any atom is -0.418 e. The number of pyridine rings is 2. The quantitative estimate of drug-likeness (QED) is 0.275. The molecule has 0 radical (unpaired) electrons. The lowest BCUT2D eigenvalue weighted by atomic mass is 10.3. The number of nitrogens with zero attached hydrogens (tertiary/aromatic N) is 2. The van der Waals surface area contributed by atoms with Crippen molar-refractivity contribution in [3.8, 4) is 0 Å². The molecule has 50 heavy (non-hydrogen) atoms. The third-order valence-electron chi connectivity index (χ3n) is 5.43. The van der Waals surface area contributed by atoms with E-state index >= 15 is 0 Å². The van der Waals surface area contributed by atoms with Gasteiger partial charge in [-0.15, -0.1) is 0 Å². The number of halogens is 8. The first-order valence-electron chi connectivity index (χ1n) is 15.6. The molecule has 22 heteroatoms. The molecule has 0 bridgehead atoms. The van der Waals surface area contributed by atoms with Gasteiger partial charge < -0.3 is 83.9 Å². The zero-order valence-electron chi connectivity index (χ0n) is 27.8. The standard InChI is InChI=1S/C16H32O8.C12H14N4.2BF4/c1-2-18-5-6-20-9-10-22-13-14-24-16-15-23-12-11-21-8-7-19-4-3-17-1;13-11-1-5-15(6-2-11)9-10-16-7-3-12(14)4-8-16;2*2-1(3,4)5/h1-16H2;1-8,13-14H,9-10H2;;/q;;2*-1/p+2. The average molecular weight is 742 g/mol. The van der Waals surface area contributed by atoms with Crippen LogP contribution in [0.2, 0.25) is 0 Å². The number of anilines is 2. The SMILES string of the molecule is C1COCCOCCOCCOCCOCCOCCOCCO1.F[B-](F)(F)F.F[B-](F)(F)F.Nc1cc[n+](CC[n+]2ccc(N)cc2)cc1. The first-order valence-corrected chi connectivity index (χ1v) is 15.6. The minimum absolute atomic E-state index is 0.556. The molecule has 0 saturated carbocycles. The molecule has 290 valence electrons. The summed E-state index contributed by atoms with van der Waals surface area (Å²) < 4.78 is 125. The summed E-state index contributed by atoms with van der Waals surface area (Å²) in [6, 6.07) is 7.59. The highest BCUT2D eigenvalue weighted by Crippen LogP contribution is 2.07. The fourth-order valence-electron chi connectivity index (χ4n) is 3.23. The van der Waals surface area contributed by atoms with Crippen LogP contribution in [0.5, 0.6) is 0 Å². The summed E-state index contributed by atoms with van der Waals surface area (Å²) in [6.45, 7) is 10.7. The van der Waals surface area contributed by atoms with Crippen LogP contribution in [-0.2, 0) is 51.0 Å². The van der Waals surface area contributed by atoms with Crippen LogP contribution in [-0.4, -0.2) is 120 Å². The van der Waals surface area contributed by atoms with Gasteiger partial charge in [-0.2, -0.15) is 9.13 Å². The first kappa shape index (κ1) is 47.1. The van der Waals surface area contributed by atoms with Crippen LogP contribution in [0.25, 0.3) is 0 Å². The topological polar surface area (TPSA) is 134 Å². The monoisotopic (exact) mass is 742 g/mol. The number of rotatable bonds is 3. The van der Waals surface area contributed by atoms with E-state index in [9.17, 15) is 34.5 Å². The second kappa shape index (κ2) is 30.9. The molecular formula is C28H48B2F8N4O8. The molecule has 0 spiro atoms. The Hall–Kier alpha value is -2.85. The highest BCUT2D eigenvalue weighted by Gasteiger charge is 2.21. The van der Waals surface area contributed by atoms with Gasteiger partial charge in [-0.1, -0.05) is 0 Å². The van der Waals surface area contributed by atoms with Crippen molar-refractivity contribution >= 4 is 25.9 Å². The molecule has 1 aliphatic rings. The van der Waals surface area contributed by atoms with Gasteiger partial charge in [-0.25, -0.2) is 0 Å². The van der Waals surface area contributed by atoms with Crippen LogP contribution >= 0.6 is 0 Å². The van der Waals surface area contributed by atoms with Crippen LogP contribution in [0.1, 0.15) is 0 Å². The average Bonchev–Trinajstić information content (AvgIpc) is 3.03. The Balaban J connectivity index is 0.000000784. The highest BCUT2D eigenvalue weighted by atomic mass is 19.5. The van der Waals surface area contributed by atoms with E-state index in [1.54, 1.807) is 0 Å². The van der Waals surface area contributed by atoms with E-state index in [1.807, 2.05) is 49.1 Å². The van der Waals surface area contributed by atoms with E-state index in [1.165, 1.54) is 0 Å². The van der Waals surface area contributed by atoms with Gasteiger partial charge in [0.1, 0.15) is 0 Å². The summed E-state index contributed by atoms with van der Waals surface area (Å²) >= 11 is 0. The van der Waals surface area contributed by atoms with Crippen molar-refractivity contribution in [2.24, 2.45) is 0 Å². The summed E-state index contributed by atoms with van der Waals surface area (Å²) in [6.07, 6.45) is 7.92. The van der Waals surface area contributed by atoms with E-state index in [0.29, 0.717) is 106 Å². The Morgan fingerprint density at radius 1 is 0.380 bits per heavy atom. The lowest BCUT2D eigenvalue weighted by Gasteiger charge is -2.09. The van der Waals surface area contributed by atoms with Crippen molar-refractivity contribution in [1.29, 1.82) is 0 Å². The van der Waals surface area contributed by atoms with E-state index < -0.39 is 14.5 Å². The van der Waals surface area contributed by atoms with E-state index in [-0.39, 0.29) is 0 Å². The fourth-order valence-corrected chi connectivity index (χ4v) is 3.23. The molecule has 0 atom stereocenters. The summed E-state index contributed by atoms with van der Waals surface area (Å²) in [7, 11) is -12.0. The van der Waals surface area contributed by atoms with Gasteiger partial charge >= 0.3 is 14.5 Å². The van der Waals surface area contributed by atoms with E-state index in [2.05, 4.69) is 9.13 Å². The van der Waals surface area contributed by atoms with Crippen LogP contribution in [0.15, 0.2) is 49.1 Å². The summed E-state index contributed by atoms with van der Waals surface area (Å²) in [5, 5.41) is 0. The zero-order chi connectivity index (χ0) is 37.4. The predicted molar refractivity (Wildman–Crippen MR) is 169 cm³/mol. The number of ether oxygens (including phenoxy) is 8. The minimum atomic E-state index is -6.00. The Morgan fingerprint density at radius 2 is 0.520 bits per heavy atom. The second-order valence-electron chi connectivity index (χ2n) is 9.63. The number of aryl methyl sites for hydroxylation is 2. The van der Waals surface area contributed by atoms with Crippen LogP contribution in [0, 0.1) is 0 Å². The molecule has 1 fully saturated rings.